The zero-order chi connectivity index (χ0) is 26.4. The molecular formula is C22H44O10Si2. The summed E-state index contributed by atoms with van der Waals surface area (Å²) in [6, 6.07) is 0. The van der Waals surface area contributed by atoms with E-state index in [1.807, 2.05) is 0 Å². The van der Waals surface area contributed by atoms with Crippen molar-refractivity contribution < 1.29 is 46.4 Å². The first-order valence-electron chi connectivity index (χ1n) is 12.2. The van der Waals surface area contributed by atoms with Crippen LogP contribution >= 0.6 is 0 Å². The van der Waals surface area contributed by atoms with Crippen LogP contribution in [-0.4, -0.2) is 79.4 Å². The molecule has 0 rings (SSSR count). The fraction of sp³-hybridized carbons (Fsp3) is 0.818. The van der Waals surface area contributed by atoms with Crippen molar-refractivity contribution in [1.82, 2.24) is 0 Å². The smallest absolute Gasteiger partial charge is 0.478 e. The van der Waals surface area contributed by atoms with Gasteiger partial charge in [-0.05, 0) is 54.4 Å². The van der Waals surface area contributed by atoms with Gasteiger partial charge in [-0.25, -0.2) is 9.59 Å². The van der Waals surface area contributed by atoms with Crippen LogP contribution in [0, 0.1) is 0 Å². The Morgan fingerprint density at radius 3 is 0.853 bits per heavy atom. The van der Waals surface area contributed by atoms with Gasteiger partial charge in [0.1, 0.15) is 0 Å². The van der Waals surface area contributed by atoms with Crippen molar-refractivity contribution in [3.63, 3.8) is 0 Å². The summed E-state index contributed by atoms with van der Waals surface area (Å²) >= 11 is 0. The Labute approximate surface area is 206 Å². The van der Waals surface area contributed by atoms with Gasteiger partial charge in [-0.1, -0.05) is 13.8 Å². The van der Waals surface area contributed by atoms with Crippen molar-refractivity contribution in [3.8, 4) is 0 Å². The molecular weight excluding hydrogens is 480 g/mol. The Morgan fingerprint density at radius 1 is 0.529 bits per heavy atom. The highest BCUT2D eigenvalue weighted by Gasteiger charge is 2.57. The van der Waals surface area contributed by atoms with Gasteiger partial charge in [-0.15, -0.1) is 0 Å². The van der Waals surface area contributed by atoms with Crippen LogP contribution in [0.1, 0.15) is 68.2 Å². The third-order valence-corrected chi connectivity index (χ3v) is 12.4. The molecule has 0 heterocycles. The van der Waals surface area contributed by atoms with Gasteiger partial charge in [-0.3, -0.25) is 0 Å². The fourth-order valence-corrected chi connectivity index (χ4v) is 10.6. The van der Waals surface area contributed by atoms with Crippen LogP contribution in [0.25, 0.3) is 0 Å². The van der Waals surface area contributed by atoms with E-state index in [-0.39, 0.29) is 63.6 Å². The van der Waals surface area contributed by atoms with E-state index in [1.54, 1.807) is 55.4 Å². The summed E-state index contributed by atoms with van der Waals surface area (Å²) in [5.74, 6) is -2.74. The molecule has 2 N–H and O–H groups in total. The number of rotatable bonds is 20. The molecule has 0 aliphatic heterocycles. The van der Waals surface area contributed by atoms with E-state index in [0.717, 1.165) is 0 Å². The highest BCUT2D eigenvalue weighted by Crippen LogP contribution is 2.44. The number of hydrogen-bond acceptors (Lipinski definition) is 8. The quantitative estimate of drug-likeness (QED) is 0.177. The van der Waals surface area contributed by atoms with Crippen LogP contribution in [0.3, 0.4) is 0 Å². The fourth-order valence-electron chi connectivity index (χ4n) is 4.23. The van der Waals surface area contributed by atoms with Gasteiger partial charge in [-0.2, -0.15) is 0 Å². The number of carboxylic acids is 2. The lowest BCUT2D eigenvalue weighted by molar-refractivity contribution is -0.136. The average molecular weight is 525 g/mol. The van der Waals surface area contributed by atoms with Gasteiger partial charge in [0.15, 0.2) is 0 Å². The van der Waals surface area contributed by atoms with Crippen LogP contribution < -0.4 is 0 Å². The van der Waals surface area contributed by atoms with E-state index in [4.69, 9.17) is 26.6 Å². The van der Waals surface area contributed by atoms with Gasteiger partial charge >= 0.3 is 29.5 Å². The second-order valence-corrected chi connectivity index (χ2v) is 12.7. The van der Waals surface area contributed by atoms with Gasteiger partial charge in [0.05, 0.1) is 22.2 Å². The summed E-state index contributed by atoms with van der Waals surface area (Å²) in [6.07, 6.45) is 0.487. The molecule has 0 radical (unpaired) electrons. The molecule has 34 heavy (non-hydrogen) atoms. The Morgan fingerprint density at radius 2 is 0.735 bits per heavy atom. The maximum absolute atomic E-state index is 12.8. The molecule has 0 aromatic carbocycles. The van der Waals surface area contributed by atoms with Crippen molar-refractivity contribution in [2.75, 3.05) is 39.6 Å². The molecule has 0 saturated carbocycles. The molecule has 0 spiro atoms. The molecule has 200 valence electrons. The lowest BCUT2D eigenvalue weighted by atomic mass is 9.98. The molecule has 0 aromatic heterocycles. The lowest BCUT2D eigenvalue weighted by Gasteiger charge is -2.38. The van der Waals surface area contributed by atoms with Gasteiger partial charge < -0.3 is 36.8 Å². The molecule has 12 heteroatoms. The monoisotopic (exact) mass is 524 g/mol. The van der Waals surface area contributed by atoms with Crippen LogP contribution in [0.4, 0.5) is 0 Å². The summed E-state index contributed by atoms with van der Waals surface area (Å²) in [5, 5.41) is 20.8. The Kier molecular flexibility index (Phi) is 16.0. The number of hydrogen-bond donors (Lipinski definition) is 2. The Balaban J connectivity index is 7.42. The van der Waals surface area contributed by atoms with Crippen LogP contribution in [-0.2, 0) is 36.1 Å². The second kappa shape index (κ2) is 16.5. The van der Waals surface area contributed by atoms with Gasteiger partial charge in [0.25, 0.3) is 0 Å². The first kappa shape index (κ1) is 32.9. The highest BCUT2D eigenvalue weighted by atomic mass is 28.4. The normalized spacial score (nSPS) is 15.1. The van der Waals surface area contributed by atoms with E-state index in [1.165, 1.54) is 0 Å². The number of aliphatic carboxylic acids is 2. The van der Waals surface area contributed by atoms with Crippen LogP contribution in [0.2, 0.25) is 11.1 Å². The lowest BCUT2D eigenvalue weighted by Crippen LogP contribution is -2.54. The summed E-state index contributed by atoms with van der Waals surface area (Å²) in [6.45, 7) is 15.5. The van der Waals surface area contributed by atoms with E-state index in [9.17, 15) is 19.8 Å². The molecule has 0 amide bonds. The summed E-state index contributed by atoms with van der Waals surface area (Å²) < 4.78 is 35.9. The first-order valence-corrected chi connectivity index (χ1v) is 15.8. The molecule has 0 fully saturated rings. The first-order chi connectivity index (χ1) is 16.1. The van der Waals surface area contributed by atoms with Crippen molar-refractivity contribution in [1.29, 1.82) is 0 Å². The van der Waals surface area contributed by atoms with Gasteiger partial charge in [0.2, 0.25) is 0 Å². The SMILES string of the molecule is CCO[Si](OCC)(OCC)C(CC)/C(C(=O)O)=C(\C(=O)O)C(CC)[Si](OCC)(OCC)OCC. The minimum absolute atomic E-state index is 0.227. The third-order valence-electron chi connectivity index (χ3n) is 5.19. The van der Waals surface area contributed by atoms with E-state index in [2.05, 4.69) is 0 Å². The minimum Gasteiger partial charge on any atom is -0.478 e. The maximum atomic E-state index is 12.8. The zero-order valence-electron chi connectivity index (χ0n) is 22.0. The topological polar surface area (TPSA) is 130 Å². The van der Waals surface area contributed by atoms with Crippen LogP contribution in [0.15, 0.2) is 11.1 Å². The summed E-state index contributed by atoms with van der Waals surface area (Å²) in [5.41, 5.74) is -2.44. The molecule has 0 aromatic rings. The second-order valence-electron chi connectivity index (χ2n) is 7.16. The average Bonchev–Trinajstić information content (AvgIpc) is 2.76. The molecule has 2 atom stereocenters. The van der Waals surface area contributed by atoms with Gasteiger partial charge in [0, 0.05) is 39.6 Å². The predicted octanol–water partition coefficient (Wildman–Crippen LogP) is 4.11. The molecule has 0 saturated heterocycles. The largest absolute Gasteiger partial charge is 0.509 e. The summed E-state index contributed by atoms with van der Waals surface area (Å²) in [7, 11) is -7.28. The van der Waals surface area contributed by atoms with E-state index in [0.29, 0.717) is 0 Å². The van der Waals surface area contributed by atoms with E-state index < -0.39 is 40.6 Å². The highest BCUT2D eigenvalue weighted by molar-refractivity contribution is 6.65. The third kappa shape index (κ3) is 7.95. The predicted molar refractivity (Wildman–Crippen MR) is 132 cm³/mol. The Hall–Kier alpha value is -1.13. The number of carboxylic acid groups (broad SMARTS) is 2. The van der Waals surface area contributed by atoms with Crippen molar-refractivity contribution in [2.45, 2.75) is 79.3 Å². The molecule has 0 aliphatic rings. The zero-order valence-corrected chi connectivity index (χ0v) is 24.0. The number of carbonyl (C=O) groups is 2. The maximum Gasteiger partial charge on any atom is 0.509 e. The van der Waals surface area contributed by atoms with Crippen molar-refractivity contribution in [3.05, 3.63) is 11.1 Å². The summed E-state index contributed by atoms with van der Waals surface area (Å²) in [4.78, 5) is 25.5. The molecule has 2 unspecified atom stereocenters. The molecule has 0 bridgehead atoms. The molecule has 0 aliphatic carbocycles. The Bertz CT molecular complexity index is 568. The van der Waals surface area contributed by atoms with E-state index >= 15 is 0 Å². The van der Waals surface area contributed by atoms with Crippen molar-refractivity contribution in [2.24, 2.45) is 0 Å². The molecule has 10 nitrogen and oxygen atoms in total. The van der Waals surface area contributed by atoms with Crippen molar-refractivity contribution >= 4 is 29.5 Å². The minimum atomic E-state index is -3.64. The van der Waals surface area contributed by atoms with Crippen LogP contribution in [0.5, 0.6) is 0 Å². The standard InChI is InChI=1S/C22H44O10Si2/c1-9-17(33(27-11-3,28-12-4)29-13-5)19(21(23)24)20(22(25)26)18(10-2)34(30-14-6,31-15-7)32-16-8/h17-18H,9-16H2,1-8H3,(H,23,24)(H,25,26)/b20-19+.